The van der Waals surface area contributed by atoms with Crippen LogP contribution in [0.5, 0.6) is 0 Å². The van der Waals surface area contributed by atoms with Gasteiger partial charge in [-0.3, -0.25) is 0 Å². The highest BCUT2D eigenvalue weighted by Crippen LogP contribution is 2.42. The molecule has 130 valence electrons. The molecule has 13 heteroatoms. The van der Waals surface area contributed by atoms with Crippen molar-refractivity contribution in [2.45, 2.75) is 15.3 Å². The Balaban J connectivity index is 4.15. The molecule has 1 aromatic rings. The van der Waals surface area contributed by atoms with Crippen LogP contribution in [0.1, 0.15) is 10.4 Å². The molecule has 0 atom stereocenters. The minimum atomic E-state index is -6.21. The smallest absolute Gasteiger partial charge is 0.465 e. The molecule has 0 spiro atoms. The van der Waals surface area contributed by atoms with Gasteiger partial charge < -0.3 is 10.5 Å². The zero-order valence-corrected chi connectivity index (χ0v) is 13.8. The van der Waals surface area contributed by atoms with E-state index in [1.807, 2.05) is 0 Å². The van der Waals surface area contributed by atoms with Crippen molar-refractivity contribution in [3.05, 3.63) is 16.7 Å². The number of alkyl halides is 3. The third-order valence-corrected chi connectivity index (χ3v) is 5.92. The number of esters is 1. The molecule has 1 aromatic carbocycles. The van der Waals surface area contributed by atoms with Gasteiger partial charge in [-0.2, -0.15) is 13.2 Å². The molecule has 0 aliphatic heterocycles. The van der Waals surface area contributed by atoms with E-state index in [0.717, 1.165) is 7.11 Å². The van der Waals surface area contributed by atoms with Crippen LogP contribution in [-0.2, 0) is 24.4 Å². The van der Waals surface area contributed by atoms with E-state index < -0.39 is 57.2 Å². The van der Waals surface area contributed by atoms with Crippen LogP contribution in [0.3, 0.4) is 0 Å². The van der Waals surface area contributed by atoms with Crippen LogP contribution in [0, 0.1) is 0 Å². The number of halogens is 4. The van der Waals surface area contributed by atoms with Gasteiger partial charge in [-0.05, 0) is 6.07 Å². The van der Waals surface area contributed by atoms with E-state index >= 15 is 0 Å². The third-order valence-electron chi connectivity index (χ3n) is 2.55. The van der Waals surface area contributed by atoms with E-state index in [4.69, 9.17) is 17.3 Å². The maximum absolute atomic E-state index is 12.8. The number of hydrogen-bond donors (Lipinski definition) is 1. The lowest BCUT2D eigenvalue weighted by molar-refractivity contribution is -0.0437. The van der Waals surface area contributed by atoms with Gasteiger partial charge in [0.25, 0.3) is 9.84 Å². The monoisotopic (exact) mass is 395 g/mol. The Morgan fingerprint density at radius 2 is 1.70 bits per heavy atom. The minimum absolute atomic E-state index is 0.447. The van der Waals surface area contributed by atoms with E-state index in [-0.39, 0.29) is 0 Å². The predicted octanol–water partition coefficient (Wildman–Crippen LogP) is 1.41. The first-order valence-electron chi connectivity index (χ1n) is 5.38. The number of benzene rings is 1. The summed E-state index contributed by atoms with van der Waals surface area (Å²) in [4.78, 5) is 8.34. The van der Waals surface area contributed by atoms with Crippen LogP contribution in [0.4, 0.5) is 18.9 Å². The second kappa shape index (κ2) is 5.83. The van der Waals surface area contributed by atoms with Crippen molar-refractivity contribution >= 4 is 42.9 Å². The van der Waals surface area contributed by atoms with Gasteiger partial charge >= 0.3 is 11.5 Å². The fourth-order valence-electron chi connectivity index (χ4n) is 1.63. The molecular weight excluding hydrogens is 387 g/mol. The molecule has 7 nitrogen and oxygen atoms in total. The fraction of sp³-hybridized carbons (Fsp3) is 0.300. The molecule has 0 aliphatic carbocycles. The number of carbonyl (C=O) groups excluding carboxylic acids is 1. The summed E-state index contributed by atoms with van der Waals surface area (Å²) in [6.45, 7) is 0. The summed E-state index contributed by atoms with van der Waals surface area (Å²) >= 11 is 5.56. The molecule has 0 saturated heterocycles. The highest BCUT2D eigenvalue weighted by atomic mass is 35.5. The number of nitrogens with two attached hydrogens (primary N) is 1. The SMILES string of the molecule is COC(=O)c1cc(N)c(S(C)(=O)=O)c(S(=O)(=O)C(F)(F)F)c1Cl. The van der Waals surface area contributed by atoms with Crippen LogP contribution in [0.2, 0.25) is 5.02 Å². The first kappa shape index (κ1) is 19.5. The van der Waals surface area contributed by atoms with Gasteiger partial charge in [-0.1, -0.05) is 11.6 Å². The van der Waals surface area contributed by atoms with Gasteiger partial charge in [-0.25, -0.2) is 21.6 Å². The fourth-order valence-corrected chi connectivity index (χ4v) is 4.87. The normalized spacial score (nSPS) is 13.0. The number of ether oxygens (including phenoxy) is 1. The quantitative estimate of drug-likeness (QED) is 0.606. The lowest BCUT2D eigenvalue weighted by Gasteiger charge is -2.17. The number of anilines is 1. The Hall–Kier alpha value is -1.53. The minimum Gasteiger partial charge on any atom is -0.465 e. The van der Waals surface area contributed by atoms with Crippen LogP contribution >= 0.6 is 11.6 Å². The Morgan fingerprint density at radius 3 is 2.04 bits per heavy atom. The highest BCUT2D eigenvalue weighted by molar-refractivity contribution is 7.94. The summed E-state index contributed by atoms with van der Waals surface area (Å²) < 4.78 is 89.4. The van der Waals surface area contributed by atoms with E-state index in [1.54, 1.807) is 0 Å². The number of nitrogen functional groups attached to an aromatic ring is 1. The van der Waals surface area contributed by atoms with Crippen molar-refractivity contribution in [2.24, 2.45) is 0 Å². The molecule has 2 N–H and O–H groups in total. The number of carbonyl (C=O) groups is 1. The average Bonchev–Trinajstić information content (AvgIpc) is 2.36. The molecule has 0 unspecified atom stereocenters. The molecule has 0 aromatic heterocycles. The van der Waals surface area contributed by atoms with Gasteiger partial charge in [0.2, 0.25) is 0 Å². The molecule has 0 aliphatic rings. The summed E-state index contributed by atoms with van der Waals surface area (Å²) in [5, 5.41) is -1.25. The number of rotatable bonds is 3. The Morgan fingerprint density at radius 1 is 1.22 bits per heavy atom. The van der Waals surface area contributed by atoms with Crippen molar-refractivity contribution in [3.8, 4) is 0 Å². The lowest BCUT2D eigenvalue weighted by atomic mass is 10.2. The van der Waals surface area contributed by atoms with Crippen LogP contribution in [0.15, 0.2) is 15.9 Å². The average molecular weight is 396 g/mol. The molecule has 0 saturated carbocycles. The van der Waals surface area contributed by atoms with Gasteiger partial charge in [0.15, 0.2) is 9.84 Å². The van der Waals surface area contributed by atoms with Crippen molar-refractivity contribution in [2.75, 3.05) is 19.1 Å². The topological polar surface area (TPSA) is 121 Å². The van der Waals surface area contributed by atoms with Gasteiger partial charge in [-0.15, -0.1) is 0 Å². The lowest BCUT2D eigenvalue weighted by Crippen LogP contribution is -2.27. The third kappa shape index (κ3) is 3.38. The number of sulfone groups is 2. The van der Waals surface area contributed by atoms with Gasteiger partial charge in [0.1, 0.15) is 9.79 Å². The summed E-state index contributed by atoms with van der Waals surface area (Å²) in [5.74, 6) is -1.29. The van der Waals surface area contributed by atoms with Crippen LogP contribution in [-0.4, -0.2) is 41.7 Å². The van der Waals surface area contributed by atoms with Gasteiger partial charge in [0, 0.05) is 6.26 Å². The zero-order valence-electron chi connectivity index (χ0n) is 11.4. The Labute approximate surface area is 134 Å². The predicted molar refractivity (Wildman–Crippen MR) is 73.6 cm³/mol. The zero-order chi connectivity index (χ0) is 18.4. The maximum atomic E-state index is 12.8. The van der Waals surface area contributed by atoms with E-state index in [2.05, 4.69) is 4.74 Å². The maximum Gasteiger partial charge on any atom is 0.502 e. The first-order valence-corrected chi connectivity index (χ1v) is 9.13. The molecule has 0 amide bonds. The van der Waals surface area contributed by atoms with Crippen molar-refractivity contribution < 1.29 is 39.5 Å². The summed E-state index contributed by atoms with van der Waals surface area (Å²) in [7, 11) is -9.87. The number of methoxy groups -OCH3 is 1. The molecule has 0 fully saturated rings. The van der Waals surface area contributed by atoms with Crippen LogP contribution in [0.25, 0.3) is 0 Å². The van der Waals surface area contributed by atoms with Crippen molar-refractivity contribution in [1.82, 2.24) is 0 Å². The Kier molecular flexibility index (Phi) is 4.95. The largest absolute Gasteiger partial charge is 0.502 e. The van der Waals surface area contributed by atoms with Crippen LogP contribution < -0.4 is 5.73 Å². The van der Waals surface area contributed by atoms with Crippen molar-refractivity contribution in [1.29, 1.82) is 0 Å². The van der Waals surface area contributed by atoms with E-state index in [0.29, 0.717) is 12.3 Å². The molecular formula is C10H9ClF3NO6S2. The van der Waals surface area contributed by atoms with E-state index in [9.17, 15) is 34.8 Å². The molecule has 0 bridgehead atoms. The summed E-state index contributed by atoms with van der Waals surface area (Å²) in [5.41, 5.74) is -2.24. The summed E-state index contributed by atoms with van der Waals surface area (Å²) in [6, 6.07) is 0.625. The molecule has 1 rings (SSSR count). The second-order valence-electron chi connectivity index (χ2n) is 4.20. The van der Waals surface area contributed by atoms with E-state index in [1.165, 1.54) is 0 Å². The second-order valence-corrected chi connectivity index (χ2v) is 8.41. The van der Waals surface area contributed by atoms with Gasteiger partial charge in [0.05, 0.1) is 23.4 Å². The Bertz CT molecular complexity index is 877. The molecule has 0 radical (unpaired) electrons. The molecule has 0 heterocycles. The number of hydrogen-bond acceptors (Lipinski definition) is 7. The first-order chi connectivity index (χ1) is 10.2. The molecule has 23 heavy (non-hydrogen) atoms. The van der Waals surface area contributed by atoms with Crippen molar-refractivity contribution in [3.63, 3.8) is 0 Å². The standard InChI is InChI=1S/C10H9ClF3NO6S2/c1-21-9(16)4-3-5(15)7(22(2,17)18)8(6(4)11)23(19,20)10(12,13)14/h3H,15H2,1-2H3. The summed E-state index contributed by atoms with van der Waals surface area (Å²) in [6.07, 6.45) is 0.447. The highest BCUT2D eigenvalue weighted by Gasteiger charge is 2.51.